The van der Waals surface area contributed by atoms with E-state index in [1.165, 1.54) is 33.4 Å². The Hall–Kier alpha value is -3.23. The topological polar surface area (TPSA) is 25.8 Å². The Morgan fingerprint density at radius 1 is 0.489 bits per heavy atom. The molecule has 0 saturated carbocycles. The molecule has 11 heteroatoms. The first-order valence-corrected chi connectivity index (χ1v) is 16.3. The molecule has 0 amide bonds. The predicted molar refractivity (Wildman–Crippen MR) is 215 cm³/mol. The molecule has 0 fully saturated rings. The lowest BCUT2D eigenvalue weighted by Gasteiger charge is -2.47. The van der Waals surface area contributed by atoms with Crippen molar-refractivity contribution in [2.75, 3.05) is 0 Å². The van der Waals surface area contributed by atoms with Crippen LogP contribution in [0.2, 0.25) is 5.02 Å². The van der Waals surface area contributed by atoms with Gasteiger partial charge in [-0.2, -0.15) is 0 Å². The second kappa shape index (κ2) is 12.2. The summed E-state index contributed by atoms with van der Waals surface area (Å²) in [4.78, 5) is 9.85. The van der Waals surface area contributed by atoms with Crippen molar-refractivity contribution >= 4 is 74.4 Å². The third-order valence-corrected chi connectivity index (χ3v) is 11.4. The molecule has 0 saturated heterocycles. The number of halogens is 1. The molecule has 0 aliphatic carbocycles. The minimum Gasteiger partial charge on any atom is -0.256 e. The van der Waals surface area contributed by atoms with Gasteiger partial charge in [-0.25, -0.2) is 0 Å². The molecule has 2 nitrogen and oxygen atoms in total. The van der Waals surface area contributed by atoms with E-state index in [0.717, 1.165) is 27.5 Å². The Bertz CT molecular complexity index is 1710. The van der Waals surface area contributed by atoms with E-state index in [-0.39, 0.29) is 20.9 Å². The largest absolute Gasteiger partial charge is 0.256 e. The Morgan fingerprint density at radius 3 is 1.18 bits per heavy atom. The first-order chi connectivity index (χ1) is 21.1. The Balaban J connectivity index is 1.52. The molecule has 0 radical (unpaired) electrons. The van der Waals surface area contributed by atoms with Crippen LogP contribution in [0.25, 0.3) is 22.5 Å². The number of hydrogen-bond acceptors (Lipinski definition) is 2. The average Bonchev–Trinajstić information content (AvgIpc) is 3.01. The molecule has 5 rings (SSSR count). The highest BCUT2D eigenvalue weighted by molar-refractivity contribution is 6.55. The lowest BCUT2D eigenvalue weighted by Crippen LogP contribution is -2.54. The van der Waals surface area contributed by atoms with E-state index in [9.17, 15) is 0 Å². The van der Waals surface area contributed by atoms with Gasteiger partial charge in [0.1, 0.15) is 62.8 Å². The summed E-state index contributed by atoms with van der Waals surface area (Å²) in [5, 5.41) is -0.187. The van der Waals surface area contributed by atoms with Gasteiger partial charge in [0.15, 0.2) is 0 Å². The molecule has 5 aromatic rings. The van der Waals surface area contributed by atoms with Gasteiger partial charge < -0.3 is 0 Å². The van der Waals surface area contributed by atoms with Crippen LogP contribution in [0, 0.1) is 13.8 Å². The van der Waals surface area contributed by atoms with Crippen LogP contribution in [0.3, 0.4) is 0 Å². The Morgan fingerprint density at radius 2 is 0.844 bits per heavy atom. The summed E-state index contributed by atoms with van der Waals surface area (Å²) in [5.74, 6) is 0. The molecule has 0 aliphatic rings. The molecule has 3 aromatic carbocycles. The normalized spacial score (nSPS) is 12.6. The predicted octanol–water partition coefficient (Wildman–Crippen LogP) is 0.157. The number of pyridine rings is 2. The van der Waals surface area contributed by atoms with Gasteiger partial charge in [0.05, 0.1) is 11.4 Å². The summed E-state index contributed by atoms with van der Waals surface area (Å²) in [6, 6.07) is 31.9. The van der Waals surface area contributed by atoms with Crippen LogP contribution in [-0.4, -0.2) is 72.7 Å². The monoisotopic (exact) mass is 598 g/mol. The number of hydrogen-bond donors (Lipinski definition) is 0. The minimum absolute atomic E-state index is 0.227. The van der Waals surface area contributed by atoms with Gasteiger partial charge in [-0.05, 0) is 60.4 Å². The van der Waals surface area contributed by atoms with Crippen LogP contribution in [0.5, 0.6) is 0 Å². The molecule has 2 heterocycles. The van der Waals surface area contributed by atoms with Crippen LogP contribution in [0.1, 0.15) is 33.4 Å². The molecule has 2 aromatic heterocycles. The fourth-order valence-corrected chi connectivity index (χ4v) is 6.90. The first-order valence-electron chi connectivity index (χ1n) is 15.9. The van der Waals surface area contributed by atoms with Gasteiger partial charge in [0.2, 0.25) is 0 Å². The van der Waals surface area contributed by atoms with Crippen molar-refractivity contribution in [2.45, 2.75) is 34.7 Å². The Kier molecular flexibility index (Phi) is 8.97. The van der Waals surface area contributed by atoms with Crippen LogP contribution >= 0.6 is 11.6 Å². The highest BCUT2D eigenvalue weighted by Crippen LogP contribution is 2.42. The fraction of sp³-hybridized carbons (Fsp3) is 0.176. The number of aromatic nitrogens is 2. The van der Waals surface area contributed by atoms with Crippen LogP contribution in [0.4, 0.5) is 0 Å². The third kappa shape index (κ3) is 6.03. The van der Waals surface area contributed by atoms with E-state index in [0.29, 0.717) is 0 Å². The number of rotatable bonds is 8. The maximum Gasteiger partial charge on any atom is 0.104 e. The van der Waals surface area contributed by atoms with Crippen molar-refractivity contribution in [2.24, 2.45) is 0 Å². The summed E-state index contributed by atoms with van der Waals surface area (Å²) < 4.78 is 0. The molecule has 0 atom stereocenters. The quantitative estimate of drug-likeness (QED) is 0.239. The van der Waals surface area contributed by atoms with E-state index in [2.05, 4.69) is 168 Å². The molecule has 0 bridgehead atoms. The number of benzene rings is 3. The standard InChI is InChI=1S/C34H39B8ClN2/c1-20-13-29(22-9-5-3-6-10-22)44-18-27(20)33(39,40)31(35,36)24-15-25(17-26(43)16-24)32(37,38)34(41,42)28-19-45-30(14-21(28)2)23-11-7-4-8-12-23/h3-19H,35-42H2,1-2H3. The van der Waals surface area contributed by atoms with Gasteiger partial charge >= 0.3 is 0 Å². The zero-order chi connectivity index (χ0) is 32.8. The second-order valence-electron chi connectivity index (χ2n) is 14.7. The second-order valence-corrected chi connectivity index (χ2v) is 15.2. The fourth-order valence-electron chi connectivity index (χ4n) is 6.66. The molecule has 216 valence electrons. The molecular formula is C34H39B8ClN2. The average molecular weight is 598 g/mol. The summed E-state index contributed by atoms with van der Waals surface area (Å²) in [5.41, 5.74) is 11.7. The van der Waals surface area contributed by atoms with Crippen molar-refractivity contribution in [3.8, 4) is 22.5 Å². The lowest BCUT2D eigenvalue weighted by atomic mass is 9.25. The Labute approximate surface area is 282 Å². The van der Waals surface area contributed by atoms with E-state index >= 15 is 0 Å². The lowest BCUT2D eigenvalue weighted by molar-refractivity contribution is 0.698. The van der Waals surface area contributed by atoms with Crippen molar-refractivity contribution in [1.82, 2.24) is 9.97 Å². The number of aryl methyl sites for hydroxylation is 2. The van der Waals surface area contributed by atoms with E-state index in [1.807, 2.05) is 12.1 Å². The number of nitrogens with zero attached hydrogens (tertiary/aromatic N) is 2. The van der Waals surface area contributed by atoms with Crippen LogP contribution < -0.4 is 0 Å². The van der Waals surface area contributed by atoms with Gasteiger partial charge in [-0.3, -0.25) is 9.97 Å². The maximum absolute atomic E-state index is 6.97. The van der Waals surface area contributed by atoms with Crippen molar-refractivity contribution in [3.63, 3.8) is 0 Å². The molecule has 0 aliphatic heterocycles. The SMILES string of the molecule is BC(B)(c1cc(Cl)cc(C(B)(B)C(B)(B)c2cnc(-c3ccccc3)cc2C)c1)C(B)(B)c1cnc(-c2ccccc2)cc1C. The first kappa shape index (κ1) is 33.1. The van der Waals surface area contributed by atoms with E-state index in [4.69, 9.17) is 21.6 Å². The van der Waals surface area contributed by atoms with Gasteiger partial charge in [0, 0.05) is 28.5 Å². The van der Waals surface area contributed by atoms with E-state index in [1.54, 1.807) is 0 Å². The molecule has 0 N–H and O–H groups in total. The molecular weight excluding hydrogens is 558 g/mol. The molecule has 45 heavy (non-hydrogen) atoms. The zero-order valence-corrected chi connectivity index (χ0v) is 29.3. The van der Waals surface area contributed by atoms with Gasteiger partial charge in [-0.1, -0.05) is 110 Å². The van der Waals surface area contributed by atoms with Crippen LogP contribution in [-0.2, 0) is 20.9 Å². The van der Waals surface area contributed by atoms with Crippen molar-refractivity contribution < 1.29 is 0 Å². The smallest absolute Gasteiger partial charge is 0.104 e. The summed E-state index contributed by atoms with van der Waals surface area (Å²) in [7, 11) is 18.7. The minimum atomic E-state index is -0.248. The van der Waals surface area contributed by atoms with Gasteiger partial charge in [0.25, 0.3) is 0 Å². The van der Waals surface area contributed by atoms with Crippen LogP contribution in [0.15, 0.2) is 103 Å². The van der Waals surface area contributed by atoms with E-state index < -0.39 is 0 Å². The van der Waals surface area contributed by atoms with Crippen molar-refractivity contribution in [3.05, 3.63) is 142 Å². The zero-order valence-electron chi connectivity index (χ0n) is 28.6. The molecule has 0 spiro atoms. The van der Waals surface area contributed by atoms with Gasteiger partial charge in [-0.15, -0.1) is 0 Å². The summed E-state index contributed by atoms with van der Waals surface area (Å²) >= 11 is 6.97. The summed E-state index contributed by atoms with van der Waals surface area (Å²) in [6.45, 7) is 4.41. The highest BCUT2D eigenvalue weighted by Gasteiger charge is 2.43. The third-order valence-electron chi connectivity index (χ3n) is 11.2. The highest BCUT2D eigenvalue weighted by atomic mass is 35.5. The molecule has 0 unspecified atom stereocenters. The van der Waals surface area contributed by atoms with Crippen molar-refractivity contribution in [1.29, 1.82) is 0 Å². The summed E-state index contributed by atoms with van der Waals surface area (Å²) in [6.07, 6.45) is 4.15. The maximum atomic E-state index is 6.97.